The largest absolute Gasteiger partial charge is 0.492 e. The zero-order chi connectivity index (χ0) is 10.7. The van der Waals surface area contributed by atoms with E-state index in [-0.39, 0.29) is 5.78 Å². The lowest BCUT2D eigenvalue weighted by Crippen LogP contribution is -1.93. The summed E-state index contributed by atoms with van der Waals surface area (Å²) >= 11 is 0. The second kappa shape index (κ2) is 4.26. The van der Waals surface area contributed by atoms with Gasteiger partial charge in [0.15, 0.2) is 5.78 Å². The van der Waals surface area contributed by atoms with Crippen molar-refractivity contribution < 1.29 is 9.53 Å². The summed E-state index contributed by atoms with van der Waals surface area (Å²) in [5.74, 6) is 0.960. The number of carbonyl (C=O) groups is 1. The SMILES string of the molecule is CCOc1cncc(C2=CC(=O)CC2)c1. The molecule has 0 atom stereocenters. The Morgan fingerprint density at radius 2 is 2.27 bits per heavy atom. The van der Waals surface area contributed by atoms with E-state index in [1.54, 1.807) is 18.5 Å². The number of ketones is 1. The minimum absolute atomic E-state index is 0.201. The van der Waals surface area contributed by atoms with Crippen LogP contribution in [0, 0.1) is 0 Å². The van der Waals surface area contributed by atoms with Crippen molar-refractivity contribution in [3.63, 3.8) is 0 Å². The van der Waals surface area contributed by atoms with Crippen molar-refractivity contribution in [2.24, 2.45) is 0 Å². The van der Waals surface area contributed by atoms with E-state index in [2.05, 4.69) is 4.98 Å². The summed E-state index contributed by atoms with van der Waals surface area (Å²) in [5.41, 5.74) is 2.06. The Labute approximate surface area is 88.8 Å². The molecule has 0 radical (unpaired) electrons. The van der Waals surface area contributed by atoms with Crippen molar-refractivity contribution in [2.45, 2.75) is 19.8 Å². The number of hydrogen-bond donors (Lipinski definition) is 0. The fourth-order valence-electron chi connectivity index (χ4n) is 1.66. The predicted molar refractivity (Wildman–Crippen MR) is 57.6 cm³/mol. The lowest BCUT2D eigenvalue weighted by Gasteiger charge is -2.05. The maximum atomic E-state index is 11.1. The van der Waals surface area contributed by atoms with Crippen LogP contribution in [-0.2, 0) is 4.79 Å². The summed E-state index contributed by atoms with van der Waals surface area (Å²) in [6.07, 6.45) is 6.59. The van der Waals surface area contributed by atoms with Gasteiger partial charge in [0, 0.05) is 12.6 Å². The summed E-state index contributed by atoms with van der Waals surface area (Å²) in [6.45, 7) is 2.56. The van der Waals surface area contributed by atoms with Gasteiger partial charge in [-0.15, -0.1) is 0 Å². The summed E-state index contributed by atoms with van der Waals surface area (Å²) < 4.78 is 5.36. The summed E-state index contributed by atoms with van der Waals surface area (Å²) in [7, 11) is 0. The van der Waals surface area contributed by atoms with Crippen molar-refractivity contribution in [2.75, 3.05) is 6.61 Å². The molecule has 0 bridgehead atoms. The molecular formula is C12H13NO2. The van der Waals surface area contributed by atoms with Gasteiger partial charge in [0.05, 0.1) is 12.8 Å². The van der Waals surface area contributed by atoms with Gasteiger partial charge in [-0.3, -0.25) is 9.78 Å². The number of carbonyl (C=O) groups excluding carboxylic acids is 1. The first-order valence-electron chi connectivity index (χ1n) is 5.11. The second-order valence-electron chi connectivity index (χ2n) is 3.48. The number of hydrogen-bond acceptors (Lipinski definition) is 3. The van der Waals surface area contributed by atoms with Gasteiger partial charge in [0.1, 0.15) is 5.75 Å². The highest BCUT2D eigenvalue weighted by atomic mass is 16.5. The quantitative estimate of drug-likeness (QED) is 0.756. The summed E-state index contributed by atoms with van der Waals surface area (Å²) in [6, 6.07) is 1.93. The van der Waals surface area contributed by atoms with Crippen molar-refractivity contribution in [1.29, 1.82) is 0 Å². The predicted octanol–water partition coefficient (Wildman–Crippen LogP) is 2.23. The van der Waals surface area contributed by atoms with Gasteiger partial charge >= 0.3 is 0 Å². The molecule has 3 heteroatoms. The highest BCUT2D eigenvalue weighted by molar-refractivity contribution is 6.01. The highest BCUT2D eigenvalue weighted by Gasteiger charge is 2.14. The molecule has 0 fully saturated rings. The number of pyridine rings is 1. The molecule has 1 aliphatic carbocycles. The normalized spacial score (nSPS) is 15.3. The van der Waals surface area contributed by atoms with Crippen molar-refractivity contribution in [1.82, 2.24) is 4.98 Å². The fourth-order valence-corrected chi connectivity index (χ4v) is 1.66. The first-order chi connectivity index (χ1) is 7.29. The zero-order valence-corrected chi connectivity index (χ0v) is 8.69. The van der Waals surface area contributed by atoms with Gasteiger partial charge in [-0.05, 0) is 36.6 Å². The van der Waals surface area contributed by atoms with Crippen LogP contribution in [0.4, 0.5) is 0 Å². The van der Waals surface area contributed by atoms with Crippen LogP contribution in [0.2, 0.25) is 0 Å². The molecule has 78 valence electrons. The van der Waals surface area contributed by atoms with Crippen molar-refractivity contribution in [3.8, 4) is 5.75 Å². The molecule has 1 heterocycles. The van der Waals surface area contributed by atoms with Crippen LogP contribution in [0.25, 0.3) is 5.57 Å². The van der Waals surface area contributed by atoms with E-state index in [1.807, 2.05) is 13.0 Å². The summed E-state index contributed by atoms with van der Waals surface area (Å²) in [5, 5.41) is 0. The average Bonchev–Trinajstić information content (AvgIpc) is 2.66. The Morgan fingerprint density at radius 1 is 1.40 bits per heavy atom. The highest BCUT2D eigenvalue weighted by Crippen LogP contribution is 2.27. The van der Waals surface area contributed by atoms with Gasteiger partial charge in [0.2, 0.25) is 0 Å². The molecule has 1 aromatic heterocycles. The molecule has 3 nitrogen and oxygen atoms in total. The third kappa shape index (κ3) is 2.24. The Hall–Kier alpha value is -1.64. The molecule has 15 heavy (non-hydrogen) atoms. The van der Waals surface area contributed by atoms with Gasteiger partial charge in [-0.25, -0.2) is 0 Å². The Balaban J connectivity index is 2.25. The van der Waals surface area contributed by atoms with Crippen molar-refractivity contribution in [3.05, 3.63) is 30.1 Å². The summed E-state index contributed by atoms with van der Waals surface area (Å²) in [4.78, 5) is 15.2. The number of nitrogens with zero attached hydrogens (tertiary/aromatic N) is 1. The van der Waals surface area contributed by atoms with Crippen LogP contribution >= 0.6 is 0 Å². The average molecular weight is 203 g/mol. The van der Waals surface area contributed by atoms with Gasteiger partial charge in [-0.1, -0.05) is 0 Å². The van der Waals surface area contributed by atoms with Crippen LogP contribution in [-0.4, -0.2) is 17.4 Å². The number of aromatic nitrogens is 1. The second-order valence-corrected chi connectivity index (χ2v) is 3.48. The molecule has 1 aliphatic rings. The molecule has 0 aliphatic heterocycles. The molecule has 0 amide bonds. The molecule has 0 aromatic carbocycles. The lowest BCUT2D eigenvalue weighted by molar-refractivity contribution is -0.114. The van der Waals surface area contributed by atoms with E-state index >= 15 is 0 Å². The first kappa shape index (κ1) is 9.90. The van der Waals surface area contributed by atoms with Crippen LogP contribution < -0.4 is 4.74 Å². The molecule has 1 aromatic rings. The maximum absolute atomic E-state index is 11.1. The molecule has 0 spiro atoms. The topological polar surface area (TPSA) is 39.2 Å². The Kier molecular flexibility index (Phi) is 2.81. The number of allylic oxidation sites excluding steroid dienone is 2. The van der Waals surface area contributed by atoms with E-state index in [0.717, 1.165) is 23.3 Å². The fraction of sp³-hybridized carbons (Fsp3) is 0.333. The van der Waals surface area contributed by atoms with Crippen molar-refractivity contribution >= 4 is 11.4 Å². The van der Waals surface area contributed by atoms with E-state index in [0.29, 0.717) is 13.0 Å². The molecule has 0 saturated heterocycles. The zero-order valence-electron chi connectivity index (χ0n) is 8.69. The van der Waals surface area contributed by atoms with Crippen LogP contribution in [0.1, 0.15) is 25.3 Å². The third-order valence-electron chi connectivity index (χ3n) is 2.37. The minimum atomic E-state index is 0.201. The maximum Gasteiger partial charge on any atom is 0.156 e. The van der Waals surface area contributed by atoms with E-state index in [4.69, 9.17) is 4.74 Å². The molecule has 0 N–H and O–H groups in total. The van der Waals surface area contributed by atoms with E-state index in [9.17, 15) is 4.79 Å². The Bertz CT molecular complexity index is 410. The third-order valence-corrected chi connectivity index (χ3v) is 2.37. The molecule has 0 saturated carbocycles. The van der Waals surface area contributed by atoms with Gasteiger partial charge < -0.3 is 4.74 Å². The van der Waals surface area contributed by atoms with E-state index < -0.39 is 0 Å². The van der Waals surface area contributed by atoms with Crippen LogP contribution in [0.3, 0.4) is 0 Å². The van der Waals surface area contributed by atoms with Gasteiger partial charge in [0.25, 0.3) is 0 Å². The monoisotopic (exact) mass is 203 g/mol. The molecular weight excluding hydrogens is 190 g/mol. The Morgan fingerprint density at radius 3 is 2.93 bits per heavy atom. The molecule has 2 rings (SSSR count). The smallest absolute Gasteiger partial charge is 0.156 e. The standard InChI is InChI=1S/C12H13NO2/c1-2-15-12-6-10(7-13-8-12)9-3-4-11(14)5-9/h5-8H,2-4H2,1H3. The first-order valence-corrected chi connectivity index (χ1v) is 5.11. The van der Waals surface area contributed by atoms with Gasteiger partial charge in [-0.2, -0.15) is 0 Å². The van der Waals surface area contributed by atoms with E-state index in [1.165, 1.54) is 0 Å². The molecule has 0 unspecified atom stereocenters. The van der Waals surface area contributed by atoms with Crippen LogP contribution in [0.5, 0.6) is 5.75 Å². The van der Waals surface area contributed by atoms with Crippen LogP contribution in [0.15, 0.2) is 24.5 Å². The minimum Gasteiger partial charge on any atom is -0.492 e. The number of ether oxygens (including phenoxy) is 1. The number of rotatable bonds is 3. The lowest BCUT2D eigenvalue weighted by atomic mass is 10.1.